The van der Waals surface area contributed by atoms with Crippen molar-refractivity contribution in [2.75, 3.05) is 26.2 Å². The van der Waals surface area contributed by atoms with Crippen molar-refractivity contribution in [3.8, 4) is 0 Å². The molecule has 0 spiro atoms. The first-order chi connectivity index (χ1) is 10.5. The Kier molecular flexibility index (Phi) is 3.84. The van der Waals surface area contributed by atoms with Gasteiger partial charge in [0, 0.05) is 13.1 Å². The van der Waals surface area contributed by atoms with Gasteiger partial charge in [0.1, 0.15) is 23.9 Å². The van der Waals surface area contributed by atoms with E-state index in [9.17, 15) is 18.4 Å². The molecule has 6 nitrogen and oxygen atoms in total. The number of amides is 2. The van der Waals surface area contributed by atoms with Crippen molar-refractivity contribution in [2.45, 2.75) is 32.1 Å². The summed E-state index contributed by atoms with van der Waals surface area (Å²) in [7, 11) is 0. The van der Waals surface area contributed by atoms with E-state index in [1.807, 2.05) is 0 Å². The molecule has 1 aromatic heterocycles. The van der Waals surface area contributed by atoms with E-state index in [2.05, 4.69) is 9.97 Å². The summed E-state index contributed by atoms with van der Waals surface area (Å²) >= 11 is 0. The standard InChI is InChI=1S/C14H18F2N4O2/c1-8-17-11(13(21)19-4-2-9(15)6-19)12(18-8)14(22)20-5-3-10(16)7-20/h9-10H,2-7H2,1H3,(H,17,18)/t9-,10-/m1/s1. The van der Waals surface area contributed by atoms with E-state index in [-0.39, 0.29) is 24.5 Å². The molecule has 2 saturated heterocycles. The third-order valence-corrected chi connectivity index (χ3v) is 4.07. The van der Waals surface area contributed by atoms with Crippen LogP contribution in [0.4, 0.5) is 8.78 Å². The van der Waals surface area contributed by atoms with E-state index in [1.165, 1.54) is 9.80 Å². The zero-order chi connectivity index (χ0) is 15.9. The van der Waals surface area contributed by atoms with E-state index in [4.69, 9.17) is 0 Å². The van der Waals surface area contributed by atoms with Crippen LogP contribution in [-0.4, -0.2) is 70.1 Å². The molecule has 0 radical (unpaired) electrons. The van der Waals surface area contributed by atoms with Crippen molar-refractivity contribution in [1.82, 2.24) is 19.8 Å². The van der Waals surface area contributed by atoms with Crippen LogP contribution in [0.2, 0.25) is 0 Å². The fraction of sp³-hybridized carbons (Fsp3) is 0.643. The topological polar surface area (TPSA) is 69.3 Å². The Labute approximate surface area is 126 Å². The number of hydrogen-bond acceptors (Lipinski definition) is 3. The summed E-state index contributed by atoms with van der Waals surface area (Å²) in [4.78, 5) is 34.5. The van der Waals surface area contributed by atoms with Gasteiger partial charge in [-0.15, -0.1) is 0 Å². The van der Waals surface area contributed by atoms with Crippen LogP contribution in [-0.2, 0) is 0 Å². The zero-order valence-electron chi connectivity index (χ0n) is 12.3. The second-order valence-corrected chi connectivity index (χ2v) is 5.82. The first-order valence-corrected chi connectivity index (χ1v) is 7.39. The monoisotopic (exact) mass is 312 g/mol. The quantitative estimate of drug-likeness (QED) is 0.888. The summed E-state index contributed by atoms with van der Waals surface area (Å²) in [5.74, 6) is -0.456. The fourth-order valence-electron chi connectivity index (χ4n) is 2.91. The number of rotatable bonds is 2. The summed E-state index contributed by atoms with van der Waals surface area (Å²) in [6.07, 6.45) is -1.46. The highest BCUT2D eigenvalue weighted by atomic mass is 19.1. The number of carbonyl (C=O) groups excluding carboxylic acids is 2. The molecule has 120 valence electrons. The first-order valence-electron chi connectivity index (χ1n) is 7.39. The van der Waals surface area contributed by atoms with E-state index in [1.54, 1.807) is 6.92 Å². The molecule has 0 saturated carbocycles. The van der Waals surface area contributed by atoms with Gasteiger partial charge in [0.2, 0.25) is 0 Å². The predicted molar refractivity (Wildman–Crippen MR) is 74.2 cm³/mol. The van der Waals surface area contributed by atoms with Crippen molar-refractivity contribution in [2.24, 2.45) is 0 Å². The average molecular weight is 312 g/mol. The van der Waals surface area contributed by atoms with Crippen LogP contribution >= 0.6 is 0 Å². The van der Waals surface area contributed by atoms with Crippen LogP contribution in [0, 0.1) is 6.92 Å². The van der Waals surface area contributed by atoms with Gasteiger partial charge >= 0.3 is 0 Å². The van der Waals surface area contributed by atoms with Gasteiger partial charge in [-0.05, 0) is 19.8 Å². The molecular weight excluding hydrogens is 294 g/mol. The van der Waals surface area contributed by atoms with Gasteiger partial charge in [-0.2, -0.15) is 0 Å². The highest BCUT2D eigenvalue weighted by Gasteiger charge is 2.34. The van der Waals surface area contributed by atoms with E-state index in [0.717, 1.165) is 0 Å². The number of aryl methyl sites for hydroxylation is 1. The molecule has 1 N–H and O–H groups in total. The molecule has 2 amide bonds. The van der Waals surface area contributed by atoms with Crippen LogP contribution in [0.1, 0.15) is 39.6 Å². The fourth-order valence-corrected chi connectivity index (χ4v) is 2.91. The SMILES string of the molecule is Cc1nc(C(=O)N2CC[C@@H](F)C2)c(C(=O)N2CC[C@@H](F)C2)[nH]1. The summed E-state index contributed by atoms with van der Waals surface area (Å²) in [6.45, 7) is 2.32. The lowest BCUT2D eigenvalue weighted by molar-refractivity contribution is 0.0738. The number of aromatic amines is 1. The molecule has 0 aliphatic carbocycles. The van der Waals surface area contributed by atoms with Gasteiger partial charge in [-0.1, -0.05) is 0 Å². The molecule has 8 heteroatoms. The molecule has 0 aromatic carbocycles. The van der Waals surface area contributed by atoms with Gasteiger partial charge in [-0.25, -0.2) is 13.8 Å². The summed E-state index contributed by atoms with van der Waals surface area (Å²) in [6, 6.07) is 0. The lowest BCUT2D eigenvalue weighted by Gasteiger charge is -2.17. The average Bonchev–Trinajstić information content (AvgIpc) is 3.17. The van der Waals surface area contributed by atoms with Crippen molar-refractivity contribution >= 4 is 11.8 Å². The molecular formula is C14H18F2N4O2. The Morgan fingerprint density at radius 1 is 1.09 bits per heavy atom. The number of hydrogen-bond donors (Lipinski definition) is 1. The number of carbonyl (C=O) groups is 2. The normalized spacial score (nSPS) is 25.0. The number of halogens is 2. The second-order valence-electron chi connectivity index (χ2n) is 5.82. The minimum Gasteiger partial charge on any atom is -0.338 e. The Morgan fingerprint density at radius 2 is 1.64 bits per heavy atom. The van der Waals surface area contributed by atoms with Gasteiger partial charge in [0.05, 0.1) is 13.1 Å². The highest BCUT2D eigenvalue weighted by molar-refractivity contribution is 6.05. The minimum absolute atomic E-state index is 0.00101. The molecule has 22 heavy (non-hydrogen) atoms. The molecule has 3 rings (SSSR count). The minimum atomic E-state index is -1.03. The molecule has 0 unspecified atom stereocenters. The number of nitrogens with zero attached hydrogens (tertiary/aromatic N) is 3. The van der Waals surface area contributed by atoms with Gasteiger partial charge in [0.25, 0.3) is 11.8 Å². The maximum absolute atomic E-state index is 13.3. The number of nitrogens with one attached hydrogen (secondary N) is 1. The van der Waals surface area contributed by atoms with Crippen LogP contribution < -0.4 is 0 Å². The summed E-state index contributed by atoms with van der Waals surface area (Å²) in [5.41, 5.74) is 0.0674. The molecule has 0 bridgehead atoms. The van der Waals surface area contributed by atoms with E-state index >= 15 is 0 Å². The van der Waals surface area contributed by atoms with Crippen molar-refractivity contribution in [3.05, 3.63) is 17.2 Å². The van der Waals surface area contributed by atoms with Gasteiger partial charge in [-0.3, -0.25) is 9.59 Å². The Balaban J connectivity index is 1.83. The molecule has 1 aromatic rings. The highest BCUT2D eigenvalue weighted by Crippen LogP contribution is 2.20. The largest absolute Gasteiger partial charge is 0.338 e. The Morgan fingerprint density at radius 3 is 2.14 bits per heavy atom. The van der Waals surface area contributed by atoms with Gasteiger partial charge < -0.3 is 14.8 Å². The number of likely N-dealkylation sites (tertiary alicyclic amines) is 2. The van der Waals surface area contributed by atoms with Crippen LogP contribution in [0.15, 0.2) is 0 Å². The van der Waals surface area contributed by atoms with Crippen LogP contribution in [0.5, 0.6) is 0 Å². The number of imidazole rings is 1. The molecule has 2 fully saturated rings. The molecule has 2 aliphatic rings. The predicted octanol–water partition coefficient (Wildman–Crippen LogP) is 1.09. The first kappa shape index (κ1) is 14.9. The molecule has 2 atom stereocenters. The maximum Gasteiger partial charge on any atom is 0.275 e. The van der Waals surface area contributed by atoms with Crippen LogP contribution in [0.25, 0.3) is 0 Å². The third kappa shape index (κ3) is 2.69. The second kappa shape index (κ2) is 5.66. The van der Waals surface area contributed by atoms with E-state index < -0.39 is 24.2 Å². The maximum atomic E-state index is 13.3. The van der Waals surface area contributed by atoms with Crippen molar-refractivity contribution < 1.29 is 18.4 Å². The Bertz CT molecular complexity index is 554. The summed E-state index contributed by atoms with van der Waals surface area (Å²) in [5, 5.41) is 0. The number of alkyl halides is 2. The third-order valence-electron chi connectivity index (χ3n) is 4.07. The Hall–Kier alpha value is -1.99. The summed E-state index contributed by atoms with van der Waals surface area (Å²) < 4.78 is 26.5. The zero-order valence-corrected chi connectivity index (χ0v) is 12.3. The van der Waals surface area contributed by atoms with Crippen LogP contribution in [0.3, 0.4) is 0 Å². The lowest BCUT2D eigenvalue weighted by atomic mass is 10.2. The molecule has 2 aliphatic heterocycles. The smallest absolute Gasteiger partial charge is 0.275 e. The molecule has 3 heterocycles. The number of H-pyrrole nitrogens is 1. The van der Waals surface area contributed by atoms with Crippen molar-refractivity contribution in [3.63, 3.8) is 0 Å². The van der Waals surface area contributed by atoms with Gasteiger partial charge in [0.15, 0.2) is 5.69 Å². The van der Waals surface area contributed by atoms with E-state index in [0.29, 0.717) is 31.8 Å². The van der Waals surface area contributed by atoms with Crippen molar-refractivity contribution in [1.29, 1.82) is 0 Å². The number of aromatic nitrogens is 2. The lowest BCUT2D eigenvalue weighted by Crippen LogP contribution is -2.34.